The van der Waals surface area contributed by atoms with Gasteiger partial charge >= 0.3 is 0 Å². The molecule has 2 fully saturated rings. The maximum absolute atomic E-state index is 2.58. The predicted molar refractivity (Wildman–Crippen MR) is 395 cm³/mol. The van der Waals surface area contributed by atoms with Crippen LogP contribution in [-0.2, 0) is 17.3 Å². The summed E-state index contributed by atoms with van der Waals surface area (Å²) in [6.07, 6.45) is 13.1. The van der Waals surface area contributed by atoms with Gasteiger partial charge in [0, 0.05) is 62.0 Å². The largest absolute Gasteiger partial charge is 0.311 e. The molecular weight excluding hydrogens is 1140 g/mol. The molecule has 4 aliphatic rings. The quantitative estimate of drug-likeness (QED) is 0.0947. The Morgan fingerprint density at radius 3 is 0.989 bits per heavy atom. The average Bonchev–Trinajstić information content (AvgIpc) is 1.57. The van der Waals surface area contributed by atoms with Crippen molar-refractivity contribution in [3.05, 3.63) is 367 Å². The molecule has 0 aliphatic heterocycles. The van der Waals surface area contributed by atoms with Crippen LogP contribution in [0.1, 0.15) is 90.3 Å². The van der Waals surface area contributed by atoms with E-state index in [0.717, 1.165) is 51.9 Å². The van der Waals surface area contributed by atoms with Crippen molar-refractivity contribution in [2.24, 2.45) is 0 Å². The molecule has 2 spiro atoms. The van der Waals surface area contributed by atoms with E-state index < -0.39 is 0 Å². The van der Waals surface area contributed by atoms with Gasteiger partial charge in [-0.25, -0.2) is 0 Å². The number of anilines is 9. The van der Waals surface area contributed by atoms with Crippen molar-refractivity contribution in [3.63, 3.8) is 0 Å². The molecule has 94 heavy (non-hydrogen) atoms. The molecule has 3 heteroatoms. The Balaban J connectivity index is 0.721. The summed E-state index contributed by atoms with van der Waals surface area (Å²) >= 11 is 0. The molecule has 4 aliphatic carbocycles. The summed E-state index contributed by atoms with van der Waals surface area (Å²) in [7, 11) is 0. The highest BCUT2D eigenvalue weighted by atomic mass is 15.2. The Labute approximate surface area is 553 Å². The summed E-state index contributed by atoms with van der Waals surface area (Å²) in [6, 6.07) is 122. The van der Waals surface area contributed by atoms with Gasteiger partial charge in [-0.05, 0) is 236 Å². The number of hydrogen-bond acceptors (Lipinski definition) is 3. The summed E-state index contributed by atoms with van der Waals surface area (Å²) in [5.41, 5.74) is 31.8. The number of fused-ring (bicyclic) bond motifs is 10. The van der Waals surface area contributed by atoms with Gasteiger partial charge in [-0.3, -0.25) is 0 Å². The lowest BCUT2D eigenvalue weighted by Crippen LogP contribution is -2.21. The molecule has 13 aromatic carbocycles. The number of rotatable bonds is 15. The van der Waals surface area contributed by atoms with Crippen LogP contribution in [0.15, 0.2) is 328 Å². The maximum atomic E-state index is 2.58. The molecule has 13 aromatic rings. The minimum atomic E-state index is 0.0446. The van der Waals surface area contributed by atoms with E-state index in [0.29, 0.717) is 0 Å². The molecule has 2 saturated carbocycles. The Morgan fingerprint density at radius 1 is 0.266 bits per heavy atom. The number of allylic oxidation sites excluding steroid dienone is 1. The highest BCUT2D eigenvalue weighted by molar-refractivity contribution is 5.91. The van der Waals surface area contributed by atoms with E-state index in [-0.39, 0.29) is 10.8 Å². The molecular formula is C91H73N3. The molecule has 0 N–H and O–H groups in total. The minimum absolute atomic E-state index is 0.0446. The van der Waals surface area contributed by atoms with Gasteiger partial charge in [0.05, 0.1) is 0 Å². The van der Waals surface area contributed by atoms with Crippen LogP contribution in [0.2, 0.25) is 0 Å². The van der Waals surface area contributed by atoms with Crippen LogP contribution in [0.3, 0.4) is 0 Å². The first-order valence-corrected chi connectivity index (χ1v) is 33.8. The number of nitrogens with zero attached hydrogens (tertiary/aromatic N) is 3. The third kappa shape index (κ3) is 10.2. The zero-order valence-electron chi connectivity index (χ0n) is 53.0. The van der Waals surface area contributed by atoms with Crippen molar-refractivity contribution in [1.82, 2.24) is 0 Å². The van der Waals surface area contributed by atoms with Crippen LogP contribution in [0.4, 0.5) is 51.2 Å². The fourth-order valence-electron chi connectivity index (χ4n) is 16.5. The van der Waals surface area contributed by atoms with Gasteiger partial charge in [0.2, 0.25) is 0 Å². The summed E-state index contributed by atoms with van der Waals surface area (Å²) in [5.74, 6) is 0. The van der Waals surface area contributed by atoms with Gasteiger partial charge in [0.15, 0.2) is 0 Å². The normalized spacial score (nSPS) is 14.5. The van der Waals surface area contributed by atoms with E-state index in [1.54, 1.807) is 0 Å². The van der Waals surface area contributed by atoms with E-state index >= 15 is 0 Å². The molecule has 0 bridgehead atoms. The van der Waals surface area contributed by atoms with Gasteiger partial charge in [-0.1, -0.05) is 244 Å². The van der Waals surface area contributed by atoms with Crippen molar-refractivity contribution in [1.29, 1.82) is 0 Å². The first-order chi connectivity index (χ1) is 46.5. The zero-order valence-corrected chi connectivity index (χ0v) is 53.0. The highest BCUT2D eigenvalue weighted by Gasteiger charge is 2.46. The van der Waals surface area contributed by atoms with E-state index in [1.165, 1.54) is 146 Å². The van der Waals surface area contributed by atoms with Crippen molar-refractivity contribution < 1.29 is 0 Å². The lowest BCUT2D eigenvalue weighted by Gasteiger charge is -2.30. The van der Waals surface area contributed by atoms with Gasteiger partial charge < -0.3 is 14.7 Å². The summed E-state index contributed by atoms with van der Waals surface area (Å²) in [4.78, 5) is 7.13. The molecule has 0 aromatic heterocycles. The van der Waals surface area contributed by atoms with Crippen LogP contribution in [0.25, 0.3) is 56.2 Å². The third-order valence-corrected chi connectivity index (χ3v) is 21.0. The molecule has 0 saturated heterocycles. The standard InChI is InChI=1S/C91H73N3/c1-5-21-73(22-6-1)92(74-23-7-2-8-24-74)78-48-39-68(40-49-78)67-37-33-65(34-38-67)61-72(71-45-55-84-82-29-13-15-31-86(82)90(88(84)63-71)57-17-18-58-90)62-66-35-46-77(47-36-66)94(81-54-56-85-83-30-14-16-32-87(83)91(89(85)64-81)59-19-20-60-91)80-52-43-70(44-53-80)69-41-50-79(51-42-69)93(75-25-9-3-10-26-75)76-27-11-4-12-28-76/h1-16,21-56,62-64H,17-20,57-61H2/b72-62-. The molecule has 3 nitrogen and oxygen atoms in total. The second-order valence-electron chi connectivity index (χ2n) is 26.3. The van der Waals surface area contributed by atoms with Crippen LogP contribution in [0, 0.1) is 0 Å². The number of hydrogen-bond donors (Lipinski definition) is 0. The van der Waals surface area contributed by atoms with Crippen molar-refractivity contribution in [3.8, 4) is 44.5 Å². The Hall–Kier alpha value is -11.0. The first-order valence-electron chi connectivity index (χ1n) is 33.8. The van der Waals surface area contributed by atoms with E-state index in [9.17, 15) is 0 Å². The molecule has 0 heterocycles. The van der Waals surface area contributed by atoms with Crippen LogP contribution in [-0.4, -0.2) is 0 Å². The Morgan fingerprint density at radius 2 is 0.574 bits per heavy atom. The van der Waals surface area contributed by atoms with Crippen molar-refractivity contribution >= 4 is 62.8 Å². The fourth-order valence-corrected chi connectivity index (χ4v) is 16.5. The number of benzene rings is 13. The van der Waals surface area contributed by atoms with Crippen LogP contribution < -0.4 is 14.7 Å². The minimum Gasteiger partial charge on any atom is -0.311 e. The van der Waals surface area contributed by atoms with Gasteiger partial charge in [-0.2, -0.15) is 0 Å². The van der Waals surface area contributed by atoms with Gasteiger partial charge in [0.25, 0.3) is 0 Å². The summed E-state index contributed by atoms with van der Waals surface area (Å²) in [5, 5.41) is 0. The lowest BCUT2D eigenvalue weighted by atomic mass is 9.76. The molecule has 17 rings (SSSR count). The Bertz CT molecular complexity index is 4790. The lowest BCUT2D eigenvalue weighted by molar-refractivity contribution is 0.550. The van der Waals surface area contributed by atoms with Crippen molar-refractivity contribution in [2.75, 3.05) is 14.7 Å². The molecule has 0 amide bonds. The average molecular weight is 1210 g/mol. The smallest absolute Gasteiger partial charge is 0.0465 e. The second-order valence-corrected chi connectivity index (χ2v) is 26.3. The summed E-state index contributed by atoms with van der Waals surface area (Å²) in [6.45, 7) is 0. The molecule has 0 atom stereocenters. The predicted octanol–water partition coefficient (Wildman–Crippen LogP) is 24.9. The van der Waals surface area contributed by atoms with E-state index in [2.05, 4.69) is 348 Å². The third-order valence-electron chi connectivity index (χ3n) is 21.0. The maximum Gasteiger partial charge on any atom is 0.0465 e. The zero-order chi connectivity index (χ0) is 62.4. The van der Waals surface area contributed by atoms with Crippen molar-refractivity contribution in [2.45, 2.75) is 68.6 Å². The molecule has 452 valence electrons. The number of para-hydroxylation sites is 4. The van der Waals surface area contributed by atoms with Gasteiger partial charge in [-0.15, -0.1) is 0 Å². The molecule has 0 radical (unpaired) electrons. The first kappa shape index (κ1) is 56.9. The summed E-state index contributed by atoms with van der Waals surface area (Å²) < 4.78 is 0. The highest BCUT2D eigenvalue weighted by Crippen LogP contribution is 2.59. The molecule has 0 unspecified atom stereocenters. The Kier molecular flexibility index (Phi) is 14.7. The van der Waals surface area contributed by atoms with Crippen LogP contribution in [0.5, 0.6) is 0 Å². The van der Waals surface area contributed by atoms with E-state index in [4.69, 9.17) is 0 Å². The SMILES string of the molecule is C(=C(\Cc1ccc(-c2ccc(N(c3ccccc3)c3ccccc3)cc2)cc1)c1ccc2c(c1)C1(CCCC1)c1ccccc1-2)/c1ccc(N(c2ccc(-c3ccc(N(c4ccccc4)c4ccccc4)cc3)cc2)c2ccc3c(c2)C2(CCCC2)c2ccccc2-3)cc1. The second kappa shape index (κ2) is 24.2. The van der Waals surface area contributed by atoms with Crippen LogP contribution >= 0.6 is 0 Å². The monoisotopic (exact) mass is 1210 g/mol. The fraction of sp³-hybridized carbons (Fsp3) is 0.121. The van der Waals surface area contributed by atoms with E-state index in [1.807, 2.05) is 0 Å². The topological polar surface area (TPSA) is 9.72 Å². The van der Waals surface area contributed by atoms with Gasteiger partial charge in [0.1, 0.15) is 0 Å².